The smallest absolute Gasteiger partial charge is 0.308 e. The Labute approximate surface area is 79.1 Å². The lowest BCUT2D eigenvalue weighted by Gasteiger charge is -2.30. The van der Waals surface area contributed by atoms with Crippen molar-refractivity contribution >= 4 is 29.2 Å². The first kappa shape index (κ1) is 11.9. The molecule has 0 fully saturated rings. The van der Waals surface area contributed by atoms with Crippen molar-refractivity contribution in [3.63, 3.8) is 0 Å². The van der Waals surface area contributed by atoms with E-state index in [-0.39, 0.29) is 0 Å². The summed E-state index contributed by atoms with van der Waals surface area (Å²) in [5, 5.41) is 14.7. The topological polar surface area (TPSA) is 57.5 Å². The molecule has 0 radical (unpaired) electrons. The van der Waals surface area contributed by atoms with Crippen molar-refractivity contribution < 1.29 is 19.4 Å². The van der Waals surface area contributed by atoms with Crippen molar-refractivity contribution in [1.82, 2.24) is 0 Å². The molecule has 0 saturated carbocycles. The number of aliphatic hydroxyl groups is 1. The van der Waals surface area contributed by atoms with Crippen LogP contribution in [-0.2, 0) is 4.79 Å². The van der Waals surface area contributed by atoms with Crippen molar-refractivity contribution in [3.05, 3.63) is 0 Å². The maximum Gasteiger partial charge on any atom is 0.308 e. The standard InChI is InChI=1S/C6H9Cl2FO3/c1-5(12,3-7)6(8,9)2-4(10)11/h12H,2-3H2,1H3,(H,10,11). The Hall–Kier alpha value is -0.0600. The molecular formula is C6H9Cl2FO3. The maximum absolute atomic E-state index is 13.2. The summed E-state index contributed by atoms with van der Waals surface area (Å²) in [6.45, 7) is 1.04. The first-order valence-corrected chi connectivity index (χ1v) is 4.02. The highest BCUT2D eigenvalue weighted by Gasteiger charge is 2.47. The lowest BCUT2D eigenvalue weighted by Crippen LogP contribution is -2.47. The summed E-state index contributed by atoms with van der Waals surface area (Å²) in [6.07, 6.45) is -0.992. The molecule has 72 valence electrons. The van der Waals surface area contributed by atoms with E-state index in [4.69, 9.17) is 28.3 Å². The quantitative estimate of drug-likeness (QED) is 0.701. The first-order chi connectivity index (χ1) is 5.23. The minimum atomic E-state index is -2.74. The molecule has 0 aliphatic heterocycles. The summed E-state index contributed by atoms with van der Waals surface area (Å²) < 4.78 is 13.2. The molecule has 2 atom stereocenters. The number of rotatable bonds is 4. The van der Waals surface area contributed by atoms with Crippen LogP contribution < -0.4 is 0 Å². The van der Waals surface area contributed by atoms with Crippen molar-refractivity contribution in [1.29, 1.82) is 0 Å². The normalized spacial score (nSPS) is 21.1. The molecular weight excluding hydrogens is 210 g/mol. The van der Waals surface area contributed by atoms with Gasteiger partial charge in [-0.1, -0.05) is 11.6 Å². The van der Waals surface area contributed by atoms with E-state index in [9.17, 15) is 14.3 Å². The van der Waals surface area contributed by atoms with Gasteiger partial charge in [-0.3, -0.25) is 4.79 Å². The van der Waals surface area contributed by atoms with Gasteiger partial charge in [-0.15, -0.1) is 11.6 Å². The van der Waals surface area contributed by atoms with Crippen molar-refractivity contribution in [3.8, 4) is 0 Å². The molecule has 0 spiro atoms. The van der Waals surface area contributed by atoms with Crippen molar-refractivity contribution in [2.24, 2.45) is 0 Å². The van der Waals surface area contributed by atoms with Crippen LogP contribution >= 0.6 is 23.2 Å². The minimum absolute atomic E-state index is 0.472. The SMILES string of the molecule is CC(O)(CCl)C(F)(Cl)CC(=O)O. The third kappa shape index (κ3) is 2.77. The van der Waals surface area contributed by atoms with Gasteiger partial charge in [0.15, 0.2) is 0 Å². The average molecular weight is 219 g/mol. The van der Waals surface area contributed by atoms with Crippen LogP contribution in [0.15, 0.2) is 0 Å². The number of carboxylic acid groups (broad SMARTS) is 1. The van der Waals surface area contributed by atoms with Crippen LogP contribution in [-0.4, -0.2) is 32.8 Å². The second-order valence-electron chi connectivity index (χ2n) is 2.68. The van der Waals surface area contributed by atoms with E-state index in [2.05, 4.69) is 0 Å². The minimum Gasteiger partial charge on any atom is -0.481 e. The van der Waals surface area contributed by atoms with Gasteiger partial charge in [0, 0.05) is 0 Å². The second kappa shape index (κ2) is 3.77. The molecule has 0 bridgehead atoms. The molecule has 0 aromatic rings. The van der Waals surface area contributed by atoms with E-state index < -0.39 is 29.0 Å². The fraction of sp³-hybridized carbons (Fsp3) is 0.833. The fourth-order valence-corrected chi connectivity index (χ4v) is 0.939. The van der Waals surface area contributed by atoms with Gasteiger partial charge in [0.25, 0.3) is 0 Å². The Morgan fingerprint density at radius 1 is 1.67 bits per heavy atom. The van der Waals surface area contributed by atoms with E-state index >= 15 is 0 Å². The van der Waals surface area contributed by atoms with Crippen LogP contribution in [0.4, 0.5) is 4.39 Å². The predicted octanol–water partition coefficient (Wildman–Crippen LogP) is 1.36. The van der Waals surface area contributed by atoms with E-state index in [1.165, 1.54) is 0 Å². The number of alkyl halides is 3. The summed E-state index contributed by atoms with van der Waals surface area (Å²) >= 11 is 10.3. The highest BCUT2D eigenvalue weighted by Crippen LogP contribution is 2.35. The summed E-state index contributed by atoms with van der Waals surface area (Å²) in [6, 6.07) is 0. The van der Waals surface area contributed by atoms with Crippen LogP contribution in [0.1, 0.15) is 13.3 Å². The predicted molar refractivity (Wildman–Crippen MR) is 43.3 cm³/mol. The van der Waals surface area contributed by atoms with Gasteiger partial charge in [0.05, 0.1) is 12.3 Å². The van der Waals surface area contributed by atoms with Crippen LogP contribution in [0.3, 0.4) is 0 Å². The zero-order valence-electron chi connectivity index (χ0n) is 6.35. The Morgan fingerprint density at radius 2 is 2.08 bits per heavy atom. The molecule has 0 aliphatic rings. The first-order valence-electron chi connectivity index (χ1n) is 3.11. The lowest BCUT2D eigenvalue weighted by atomic mass is 10.00. The Bertz CT molecular complexity index is 182. The molecule has 0 amide bonds. The van der Waals surface area contributed by atoms with Gasteiger partial charge >= 0.3 is 5.97 Å². The monoisotopic (exact) mass is 218 g/mol. The largest absolute Gasteiger partial charge is 0.481 e. The number of carboxylic acids is 1. The summed E-state index contributed by atoms with van der Waals surface area (Å²) in [7, 11) is 0. The molecule has 0 aliphatic carbocycles. The number of aliphatic carboxylic acids is 1. The van der Waals surface area contributed by atoms with Crippen molar-refractivity contribution in [2.45, 2.75) is 24.1 Å². The summed E-state index contributed by atoms with van der Waals surface area (Å²) in [4.78, 5) is 10.1. The highest BCUT2D eigenvalue weighted by atomic mass is 35.5. The third-order valence-electron chi connectivity index (χ3n) is 1.42. The molecule has 0 rings (SSSR count). The van der Waals surface area contributed by atoms with E-state index in [1.54, 1.807) is 0 Å². The Morgan fingerprint density at radius 3 is 2.33 bits per heavy atom. The highest BCUT2D eigenvalue weighted by molar-refractivity contribution is 6.26. The fourth-order valence-electron chi connectivity index (χ4n) is 0.478. The number of hydrogen-bond acceptors (Lipinski definition) is 2. The van der Waals surface area contributed by atoms with Crippen LogP contribution in [0.25, 0.3) is 0 Å². The van der Waals surface area contributed by atoms with Crippen LogP contribution in [0, 0.1) is 0 Å². The Kier molecular flexibility index (Phi) is 3.75. The molecule has 6 heteroatoms. The molecule has 0 saturated heterocycles. The lowest BCUT2D eigenvalue weighted by molar-refractivity contribution is -0.142. The molecule has 0 heterocycles. The van der Waals surface area contributed by atoms with E-state index in [1.807, 2.05) is 0 Å². The molecule has 0 aromatic heterocycles. The molecule has 12 heavy (non-hydrogen) atoms. The zero-order chi connectivity index (χ0) is 9.99. The van der Waals surface area contributed by atoms with Gasteiger partial charge in [0.1, 0.15) is 5.60 Å². The number of halogens is 3. The zero-order valence-corrected chi connectivity index (χ0v) is 7.86. The second-order valence-corrected chi connectivity index (χ2v) is 3.55. The van der Waals surface area contributed by atoms with Crippen LogP contribution in [0.2, 0.25) is 0 Å². The number of carbonyl (C=O) groups is 1. The maximum atomic E-state index is 13.2. The van der Waals surface area contributed by atoms with Gasteiger partial charge in [-0.25, -0.2) is 4.39 Å². The number of hydrogen-bond donors (Lipinski definition) is 2. The molecule has 3 nitrogen and oxygen atoms in total. The molecule has 2 N–H and O–H groups in total. The van der Waals surface area contributed by atoms with Gasteiger partial charge in [0.2, 0.25) is 5.13 Å². The average Bonchev–Trinajstić information content (AvgIpc) is 1.84. The van der Waals surface area contributed by atoms with E-state index in [0.29, 0.717) is 0 Å². The third-order valence-corrected chi connectivity index (χ3v) is 2.48. The van der Waals surface area contributed by atoms with E-state index in [0.717, 1.165) is 6.92 Å². The summed E-state index contributed by atoms with van der Waals surface area (Å²) in [5.41, 5.74) is -2.05. The van der Waals surface area contributed by atoms with Gasteiger partial charge in [-0.2, -0.15) is 0 Å². The van der Waals surface area contributed by atoms with Gasteiger partial charge in [-0.05, 0) is 6.92 Å². The van der Waals surface area contributed by atoms with Crippen molar-refractivity contribution in [2.75, 3.05) is 5.88 Å². The molecule has 2 unspecified atom stereocenters. The summed E-state index contributed by atoms with van der Waals surface area (Å²) in [5.74, 6) is -1.90. The van der Waals surface area contributed by atoms with Crippen LogP contribution in [0.5, 0.6) is 0 Å². The van der Waals surface area contributed by atoms with Gasteiger partial charge < -0.3 is 10.2 Å². The Balaban J connectivity index is 4.48. The molecule has 0 aromatic carbocycles.